The van der Waals surface area contributed by atoms with Crippen LogP contribution in [0.25, 0.3) is 0 Å². The Balaban J connectivity index is 1.90. The Labute approximate surface area is 123 Å². The van der Waals surface area contributed by atoms with E-state index < -0.39 is 9.84 Å². The van der Waals surface area contributed by atoms with Gasteiger partial charge in [0, 0.05) is 22.8 Å². The van der Waals surface area contributed by atoms with Crippen molar-refractivity contribution in [2.75, 3.05) is 5.75 Å². The molecule has 1 N–H and O–H groups in total. The maximum atomic E-state index is 11.9. The fourth-order valence-corrected chi connectivity index (χ4v) is 3.76. The number of amides is 1. The zero-order valence-corrected chi connectivity index (χ0v) is 12.6. The van der Waals surface area contributed by atoms with Crippen molar-refractivity contribution < 1.29 is 13.2 Å². The topological polar surface area (TPSA) is 63.2 Å². The predicted molar refractivity (Wildman–Crippen MR) is 79.0 cm³/mol. The molecule has 1 aromatic carbocycles. The van der Waals surface area contributed by atoms with Gasteiger partial charge in [0.15, 0.2) is 9.84 Å². The number of hydrogen-bond donors (Lipinski definition) is 1. The Hall–Kier alpha value is -1.33. The molecule has 0 bridgehead atoms. The van der Waals surface area contributed by atoms with Crippen molar-refractivity contribution in [3.8, 4) is 0 Å². The molecule has 0 saturated carbocycles. The van der Waals surface area contributed by atoms with E-state index in [0.29, 0.717) is 5.02 Å². The molecule has 1 aliphatic rings. The zero-order valence-electron chi connectivity index (χ0n) is 11.0. The maximum absolute atomic E-state index is 11.9. The first-order chi connectivity index (χ1) is 9.35. The molecule has 20 heavy (non-hydrogen) atoms. The molecule has 6 heteroatoms. The van der Waals surface area contributed by atoms with Gasteiger partial charge in [-0.15, -0.1) is 0 Å². The van der Waals surface area contributed by atoms with Gasteiger partial charge in [-0.1, -0.05) is 29.8 Å². The van der Waals surface area contributed by atoms with Crippen LogP contribution in [0.4, 0.5) is 0 Å². The molecule has 2 rings (SSSR count). The molecule has 0 radical (unpaired) electrons. The number of halogens is 1. The van der Waals surface area contributed by atoms with Crippen LogP contribution in [0, 0.1) is 5.92 Å². The fraction of sp³-hybridized carbons (Fsp3) is 0.357. The molecular weight excluding hydrogens is 298 g/mol. The molecule has 0 aliphatic carbocycles. The van der Waals surface area contributed by atoms with Gasteiger partial charge in [0.1, 0.15) is 0 Å². The average molecular weight is 314 g/mol. The Kier molecular flexibility index (Phi) is 4.50. The third-order valence-corrected chi connectivity index (χ3v) is 4.88. The van der Waals surface area contributed by atoms with Gasteiger partial charge >= 0.3 is 0 Å². The van der Waals surface area contributed by atoms with E-state index in [0.717, 1.165) is 5.56 Å². The monoisotopic (exact) mass is 313 g/mol. The molecule has 0 saturated heterocycles. The van der Waals surface area contributed by atoms with Crippen LogP contribution in [-0.4, -0.2) is 20.1 Å². The van der Waals surface area contributed by atoms with Crippen molar-refractivity contribution in [3.63, 3.8) is 0 Å². The molecule has 2 atom stereocenters. The lowest BCUT2D eigenvalue weighted by molar-refractivity contribution is -0.122. The zero-order chi connectivity index (χ0) is 14.8. The predicted octanol–water partition coefficient (Wildman–Crippen LogP) is 2.47. The van der Waals surface area contributed by atoms with Crippen LogP contribution in [0.1, 0.15) is 24.9 Å². The van der Waals surface area contributed by atoms with Crippen LogP contribution in [-0.2, 0) is 14.6 Å². The Morgan fingerprint density at radius 2 is 2.25 bits per heavy atom. The molecule has 0 spiro atoms. The van der Waals surface area contributed by atoms with Crippen molar-refractivity contribution >= 4 is 27.3 Å². The number of allylic oxidation sites excluding steroid dienone is 1. The second kappa shape index (κ2) is 5.97. The maximum Gasteiger partial charge on any atom is 0.221 e. The number of nitrogens with one attached hydrogen (secondary N) is 1. The Morgan fingerprint density at radius 1 is 1.50 bits per heavy atom. The third-order valence-electron chi connectivity index (χ3n) is 3.18. The number of benzene rings is 1. The molecular formula is C14H16ClNO3S. The van der Waals surface area contributed by atoms with E-state index in [2.05, 4.69) is 5.32 Å². The second-order valence-corrected chi connectivity index (χ2v) is 7.33. The summed E-state index contributed by atoms with van der Waals surface area (Å²) in [4.78, 5) is 11.9. The lowest BCUT2D eigenvalue weighted by Gasteiger charge is -2.15. The third kappa shape index (κ3) is 4.08. The number of hydrogen-bond acceptors (Lipinski definition) is 3. The quantitative estimate of drug-likeness (QED) is 0.928. The molecule has 108 valence electrons. The lowest BCUT2D eigenvalue weighted by atomic mass is 10.1. The smallest absolute Gasteiger partial charge is 0.221 e. The van der Waals surface area contributed by atoms with Crippen molar-refractivity contribution in [2.24, 2.45) is 5.92 Å². The van der Waals surface area contributed by atoms with Gasteiger partial charge in [-0.25, -0.2) is 8.42 Å². The van der Waals surface area contributed by atoms with Crippen LogP contribution < -0.4 is 5.32 Å². The SMILES string of the molecule is CC(NC(=O)CC1C=CS(=O)(=O)C1)c1cccc(Cl)c1. The standard InChI is InChI=1S/C14H16ClNO3S/c1-10(12-3-2-4-13(15)8-12)16-14(17)7-11-5-6-20(18,19)9-11/h2-6,8,10-11H,7,9H2,1H3,(H,16,17). The highest BCUT2D eigenvalue weighted by Crippen LogP contribution is 2.20. The van der Waals surface area contributed by atoms with Crippen LogP contribution in [0.5, 0.6) is 0 Å². The summed E-state index contributed by atoms with van der Waals surface area (Å²) in [5, 5.41) is 4.66. The van der Waals surface area contributed by atoms with Gasteiger partial charge in [0.25, 0.3) is 0 Å². The van der Waals surface area contributed by atoms with Gasteiger partial charge in [0.05, 0.1) is 11.8 Å². The van der Waals surface area contributed by atoms with E-state index in [-0.39, 0.29) is 30.0 Å². The minimum Gasteiger partial charge on any atom is -0.350 e. The summed E-state index contributed by atoms with van der Waals surface area (Å²) in [6.07, 6.45) is 1.76. The summed E-state index contributed by atoms with van der Waals surface area (Å²) in [5.41, 5.74) is 0.917. The molecule has 1 aromatic rings. The summed E-state index contributed by atoms with van der Waals surface area (Å²) in [6.45, 7) is 1.87. The molecule has 4 nitrogen and oxygen atoms in total. The van der Waals surface area contributed by atoms with Gasteiger partial charge in [-0.3, -0.25) is 4.79 Å². The molecule has 2 unspecified atom stereocenters. The average Bonchev–Trinajstić information content (AvgIpc) is 2.68. The minimum absolute atomic E-state index is 0.0198. The van der Waals surface area contributed by atoms with Gasteiger partial charge < -0.3 is 5.32 Å². The van der Waals surface area contributed by atoms with E-state index in [1.165, 1.54) is 5.41 Å². The molecule has 1 heterocycles. The van der Waals surface area contributed by atoms with Gasteiger partial charge in [0.2, 0.25) is 5.91 Å². The van der Waals surface area contributed by atoms with Gasteiger partial charge in [-0.2, -0.15) is 0 Å². The normalized spacial score (nSPS) is 21.6. The van der Waals surface area contributed by atoms with Crippen LogP contribution in [0.15, 0.2) is 35.7 Å². The number of sulfone groups is 1. The summed E-state index contributed by atoms with van der Waals surface area (Å²) in [6, 6.07) is 7.12. The van der Waals surface area contributed by atoms with Crippen LogP contribution in [0.3, 0.4) is 0 Å². The number of carbonyl (C=O) groups is 1. The minimum atomic E-state index is -3.11. The highest BCUT2D eigenvalue weighted by molar-refractivity contribution is 7.94. The van der Waals surface area contributed by atoms with Gasteiger partial charge in [-0.05, 0) is 24.6 Å². The van der Waals surface area contributed by atoms with Crippen LogP contribution >= 0.6 is 11.6 Å². The van der Waals surface area contributed by atoms with Crippen LogP contribution in [0.2, 0.25) is 5.02 Å². The van der Waals surface area contributed by atoms with Crippen molar-refractivity contribution in [3.05, 3.63) is 46.3 Å². The first-order valence-electron chi connectivity index (χ1n) is 6.31. The number of carbonyl (C=O) groups excluding carboxylic acids is 1. The fourth-order valence-electron chi connectivity index (χ4n) is 2.17. The van der Waals surface area contributed by atoms with Crippen molar-refractivity contribution in [2.45, 2.75) is 19.4 Å². The number of rotatable bonds is 4. The van der Waals surface area contributed by atoms with E-state index >= 15 is 0 Å². The molecule has 1 amide bonds. The first-order valence-corrected chi connectivity index (χ1v) is 8.41. The Bertz CT molecular complexity index is 640. The summed E-state index contributed by atoms with van der Waals surface area (Å²) in [5.74, 6) is -0.373. The highest BCUT2D eigenvalue weighted by atomic mass is 35.5. The van der Waals surface area contributed by atoms with E-state index in [4.69, 9.17) is 11.6 Å². The molecule has 1 aliphatic heterocycles. The molecule has 0 aromatic heterocycles. The molecule has 0 fully saturated rings. The summed E-state index contributed by atoms with van der Waals surface area (Å²) in [7, 11) is -3.11. The summed E-state index contributed by atoms with van der Waals surface area (Å²) < 4.78 is 22.5. The second-order valence-electron chi connectivity index (χ2n) is 4.97. The first kappa shape index (κ1) is 15.1. The van der Waals surface area contributed by atoms with Crippen molar-refractivity contribution in [1.29, 1.82) is 0 Å². The lowest BCUT2D eigenvalue weighted by Crippen LogP contribution is -2.28. The van der Waals surface area contributed by atoms with E-state index in [9.17, 15) is 13.2 Å². The Morgan fingerprint density at radius 3 is 2.85 bits per heavy atom. The largest absolute Gasteiger partial charge is 0.350 e. The van der Waals surface area contributed by atoms with Crippen molar-refractivity contribution in [1.82, 2.24) is 5.32 Å². The van der Waals surface area contributed by atoms with E-state index in [1.807, 2.05) is 19.1 Å². The van der Waals surface area contributed by atoms with E-state index in [1.54, 1.807) is 18.2 Å². The highest BCUT2D eigenvalue weighted by Gasteiger charge is 2.24. The summed E-state index contributed by atoms with van der Waals surface area (Å²) >= 11 is 5.91.